The van der Waals surface area contributed by atoms with Crippen LogP contribution in [0.5, 0.6) is 11.5 Å². The SMILES string of the molecule is Cc1c(C)n(Cc2ccc(-c3ccccc3)cc2)c2ccc(C(=O)N[C@@H](C)c3c(Cl)ccc4c3OCO4)cc12. The number of rotatable bonds is 6. The minimum atomic E-state index is -0.358. The van der Waals surface area contributed by atoms with Gasteiger partial charge < -0.3 is 19.4 Å². The van der Waals surface area contributed by atoms with E-state index in [1.54, 1.807) is 12.1 Å². The Morgan fingerprint density at radius 2 is 1.69 bits per heavy atom. The molecule has 1 atom stereocenters. The van der Waals surface area contributed by atoms with Crippen LogP contribution in [0.2, 0.25) is 5.02 Å². The summed E-state index contributed by atoms with van der Waals surface area (Å²) in [5, 5.41) is 4.69. The zero-order valence-corrected chi connectivity index (χ0v) is 22.9. The molecule has 6 heteroatoms. The Morgan fingerprint density at radius 3 is 2.46 bits per heavy atom. The molecule has 1 aliphatic rings. The van der Waals surface area contributed by atoms with E-state index in [1.807, 2.05) is 31.2 Å². The molecule has 5 aromatic rings. The number of benzene rings is 4. The van der Waals surface area contributed by atoms with E-state index in [9.17, 15) is 4.79 Å². The largest absolute Gasteiger partial charge is 0.454 e. The fourth-order valence-corrected chi connectivity index (χ4v) is 5.65. The van der Waals surface area contributed by atoms with Gasteiger partial charge in [-0.2, -0.15) is 0 Å². The summed E-state index contributed by atoms with van der Waals surface area (Å²) in [6, 6.07) is 28.2. The molecule has 0 fully saturated rings. The molecule has 0 spiro atoms. The Balaban J connectivity index is 1.24. The van der Waals surface area contributed by atoms with Crippen molar-refractivity contribution < 1.29 is 14.3 Å². The first-order valence-corrected chi connectivity index (χ1v) is 13.4. The van der Waals surface area contributed by atoms with E-state index >= 15 is 0 Å². The number of aromatic nitrogens is 1. The van der Waals surface area contributed by atoms with Crippen LogP contribution in [0.4, 0.5) is 0 Å². The lowest BCUT2D eigenvalue weighted by Gasteiger charge is -2.18. The van der Waals surface area contributed by atoms with Crippen LogP contribution in [-0.2, 0) is 6.54 Å². The summed E-state index contributed by atoms with van der Waals surface area (Å²) in [6.45, 7) is 7.05. The molecule has 1 aliphatic heterocycles. The number of nitrogens with zero attached hydrogens (tertiary/aromatic N) is 1. The van der Waals surface area contributed by atoms with Gasteiger partial charge in [-0.15, -0.1) is 0 Å². The number of amides is 1. The molecule has 0 bridgehead atoms. The third-order valence-electron chi connectivity index (χ3n) is 7.61. The number of carbonyl (C=O) groups excluding carboxylic acids is 1. The third-order valence-corrected chi connectivity index (χ3v) is 7.94. The molecule has 5 nitrogen and oxygen atoms in total. The molecule has 0 saturated heterocycles. The van der Waals surface area contributed by atoms with Crippen molar-refractivity contribution in [3.8, 4) is 22.6 Å². The maximum absolute atomic E-state index is 13.3. The van der Waals surface area contributed by atoms with Gasteiger partial charge in [-0.3, -0.25) is 4.79 Å². The third kappa shape index (κ3) is 4.64. The minimum absolute atomic E-state index is 0.146. The first kappa shape index (κ1) is 25.1. The minimum Gasteiger partial charge on any atom is -0.454 e. The topological polar surface area (TPSA) is 52.5 Å². The molecule has 196 valence electrons. The molecule has 1 amide bonds. The zero-order chi connectivity index (χ0) is 27.1. The Kier molecular flexibility index (Phi) is 6.53. The van der Waals surface area contributed by atoms with Crippen molar-refractivity contribution in [2.24, 2.45) is 0 Å². The highest BCUT2D eigenvalue weighted by Crippen LogP contribution is 2.42. The lowest BCUT2D eigenvalue weighted by Crippen LogP contribution is -2.27. The zero-order valence-electron chi connectivity index (χ0n) is 22.1. The molecule has 39 heavy (non-hydrogen) atoms. The monoisotopic (exact) mass is 536 g/mol. The number of ether oxygens (including phenoxy) is 2. The van der Waals surface area contributed by atoms with Crippen LogP contribution in [0.3, 0.4) is 0 Å². The normalized spacial score (nSPS) is 13.0. The molecular weight excluding hydrogens is 508 g/mol. The van der Waals surface area contributed by atoms with Crippen molar-refractivity contribution in [2.75, 3.05) is 6.79 Å². The molecule has 0 unspecified atom stereocenters. The van der Waals surface area contributed by atoms with Gasteiger partial charge in [0.2, 0.25) is 6.79 Å². The van der Waals surface area contributed by atoms with Gasteiger partial charge in [0.25, 0.3) is 5.91 Å². The standard InChI is InChI=1S/C33H29ClN2O3/c1-20-22(3)36(18-23-9-11-25(12-10-23)24-7-5-4-6-8-24)29-15-13-26(17-27(20)29)33(37)35-21(2)31-28(34)14-16-30-32(31)39-19-38-30/h4-17,21H,18-19H2,1-3H3,(H,35,37)/t21-/m0/s1. The van der Waals surface area contributed by atoms with Crippen LogP contribution in [0.25, 0.3) is 22.0 Å². The summed E-state index contributed by atoms with van der Waals surface area (Å²) in [5.74, 6) is 1.06. The number of halogens is 1. The first-order chi connectivity index (χ1) is 18.9. The van der Waals surface area contributed by atoms with E-state index in [0.29, 0.717) is 22.1 Å². The summed E-state index contributed by atoms with van der Waals surface area (Å²) in [7, 11) is 0. The lowest BCUT2D eigenvalue weighted by molar-refractivity contribution is 0.0939. The van der Waals surface area contributed by atoms with Crippen molar-refractivity contribution in [2.45, 2.75) is 33.4 Å². The Bertz CT molecular complexity index is 1690. The fraction of sp³-hybridized carbons (Fsp3) is 0.182. The average molecular weight is 537 g/mol. The van der Waals surface area contributed by atoms with E-state index in [2.05, 4.69) is 72.3 Å². The molecule has 0 saturated carbocycles. The van der Waals surface area contributed by atoms with Crippen molar-refractivity contribution in [1.29, 1.82) is 0 Å². The highest BCUT2D eigenvalue weighted by molar-refractivity contribution is 6.31. The molecule has 0 aliphatic carbocycles. The van der Waals surface area contributed by atoms with Gasteiger partial charge in [0.05, 0.1) is 6.04 Å². The number of hydrogen-bond acceptors (Lipinski definition) is 3. The van der Waals surface area contributed by atoms with Gasteiger partial charge in [0.1, 0.15) is 0 Å². The fourth-order valence-electron chi connectivity index (χ4n) is 5.34. The maximum Gasteiger partial charge on any atom is 0.251 e. The Labute approximate surface area is 232 Å². The summed E-state index contributed by atoms with van der Waals surface area (Å²) < 4.78 is 13.4. The molecule has 4 aromatic carbocycles. The van der Waals surface area contributed by atoms with E-state index in [4.69, 9.17) is 21.1 Å². The summed E-state index contributed by atoms with van der Waals surface area (Å²) in [5.41, 5.74) is 8.42. The van der Waals surface area contributed by atoms with E-state index in [-0.39, 0.29) is 18.7 Å². The number of hydrogen-bond donors (Lipinski definition) is 1. The number of aryl methyl sites for hydroxylation is 1. The van der Waals surface area contributed by atoms with Crippen LogP contribution in [0, 0.1) is 13.8 Å². The second-order valence-electron chi connectivity index (χ2n) is 9.98. The molecule has 1 N–H and O–H groups in total. The maximum atomic E-state index is 13.3. The van der Waals surface area contributed by atoms with Crippen LogP contribution in [0.15, 0.2) is 84.9 Å². The highest BCUT2D eigenvalue weighted by atomic mass is 35.5. The summed E-state index contributed by atoms with van der Waals surface area (Å²) >= 11 is 6.47. The smallest absolute Gasteiger partial charge is 0.251 e. The first-order valence-electron chi connectivity index (χ1n) is 13.0. The summed E-state index contributed by atoms with van der Waals surface area (Å²) in [4.78, 5) is 13.3. The quantitative estimate of drug-likeness (QED) is 0.240. The molecule has 1 aromatic heterocycles. The van der Waals surface area contributed by atoms with E-state index in [0.717, 1.165) is 23.0 Å². The average Bonchev–Trinajstić information content (AvgIpc) is 3.52. The van der Waals surface area contributed by atoms with Crippen LogP contribution < -0.4 is 14.8 Å². The van der Waals surface area contributed by atoms with Crippen molar-refractivity contribution >= 4 is 28.4 Å². The van der Waals surface area contributed by atoms with Crippen molar-refractivity contribution in [1.82, 2.24) is 9.88 Å². The van der Waals surface area contributed by atoms with E-state index < -0.39 is 0 Å². The van der Waals surface area contributed by atoms with Gasteiger partial charge >= 0.3 is 0 Å². The van der Waals surface area contributed by atoms with Gasteiger partial charge in [-0.05, 0) is 73.4 Å². The second kappa shape index (κ2) is 10.2. The van der Waals surface area contributed by atoms with Gasteiger partial charge in [0, 0.05) is 39.3 Å². The number of fused-ring (bicyclic) bond motifs is 2. The highest BCUT2D eigenvalue weighted by Gasteiger charge is 2.25. The van der Waals surface area contributed by atoms with Crippen molar-refractivity contribution in [3.63, 3.8) is 0 Å². The van der Waals surface area contributed by atoms with Crippen LogP contribution in [0.1, 0.15) is 45.7 Å². The number of nitrogens with one attached hydrogen (secondary N) is 1. The molecule has 0 radical (unpaired) electrons. The molecular formula is C33H29ClN2O3. The van der Waals surface area contributed by atoms with Crippen molar-refractivity contribution in [3.05, 3.63) is 118 Å². The Morgan fingerprint density at radius 1 is 0.949 bits per heavy atom. The summed E-state index contributed by atoms with van der Waals surface area (Å²) in [6.07, 6.45) is 0. The second-order valence-corrected chi connectivity index (χ2v) is 10.4. The van der Waals surface area contributed by atoms with E-state index in [1.165, 1.54) is 27.9 Å². The Hall–Kier alpha value is -4.22. The van der Waals surface area contributed by atoms with Gasteiger partial charge in [0.15, 0.2) is 11.5 Å². The predicted molar refractivity (Wildman–Crippen MR) is 156 cm³/mol. The predicted octanol–water partition coefficient (Wildman–Crippen LogP) is 7.85. The molecule has 2 heterocycles. The van der Waals surface area contributed by atoms with Crippen LogP contribution in [-0.4, -0.2) is 17.3 Å². The molecule has 6 rings (SSSR count). The lowest BCUT2D eigenvalue weighted by atomic mass is 10.0. The van der Waals surface area contributed by atoms with Gasteiger partial charge in [-0.1, -0.05) is 66.2 Å². The van der Waals surface area contributed by atoms with Gasteiger partial charge in [-0.25, -0.2) is 0 Å². The van der Waals surface area contributed by atoms with Crippen LogP contribution >= 0.6 is 11.6 Å². The number of carbonyl (C=O) groups is 1.